The van der Waals surface area contributed by atoms with Gasteiger partial charge in [0.05, 0.1) is 7.11 Å². The van der Waals surface area contributed by atoms with Gasteiger partial charge in [-0.15, -0.1) is 0 Å². The third-order valence-corrected chi connectivity index (χ3v) is 3.41. The van der Waals surface area contributed by atoms with E-state index in [1.807, 2.05) is 35.2 Å². The van der Waals surface area contributed by atoms with Crippen LogP contribution in [0.25, 0.3) is 0 Å². The molecule has 6 nitrogen and oxygen atoms in total. The largest absolute Gasteiger partial charge is 0.496 e. The van der Waals surface area contributed by atoms with Crippen LogP contribution in [-0.2, 0) is 17.9 Å². The van der Waals surface area contributed by atoms with E-state index in [-0.39, 0.29) is 5.91 Å². The standard InChI is InChI=1S/C16H18N2O4/c1-20-13-9-15-14(21-6-7-22-15)8-12(13)10-17-16(19)11-18-4-2-3-5-18/h2-5,8-9H,6-7,10-11H2,1H3,(H,17,19). The predicted molar refractivity (Wildman–Crippen MR) is 80.3 cm³/mol. The van der Waals surface area contributed by atoms with Crippen LogP contribution in [0, 0.1) is 0 Å². The Hall–Kier alpha value is -2.63. The Balaban J connectivity index is 1.67. The lowest BCUT2D eigenvalue weighted by Gasteiger charge is -2.21. The van der Waals surface area contributed by atoms with Crippen molar-refractivity contribution < 1.29 is 19.0 Å². The first-order valence-electron chi connectivity index (χ1n) is 7.10. The number of rotatable bonds is 5. The van der Waals surface area contributed by atoms with E-state index < -0.39 is 0 Å². The highest BCUT2D eigenvalue weighted by Crippen LogP contribution is 2.36. The van der Waals surface area contributed by atoms with E-state index in [0.717, 1.165) is 5.56 Å². The molecule has 2 heterocycles. The maximum absolute atomic E-state index is 11.9. The molecule has 0 saturated heterocycles. The number of nitrogens with one attached hydrogen (secondary N) is 1. The molecule has 1 N–H and O–H groups in total. The van der Waals surface area contributed by atoms with Crippen LogP contribution in [0.1, 0.15) is 5.56 Å². The molecule has 22 heavy (non-hydrogen) atoms. The van der Waals surface area contributed by atoms with Crippen molar-refractivity contribution in [2.75, 3.05) is 20.3 Å². The Kier molecular flexibility index (Phi) is 4.18. The lowest BCUT2D eigenvalue weighted by atomic mass is 10.1. The summed E-state index contributed by atoms with van der Waals surface area (Å²) in [6.07, 6.45) is 3.70. The molecule has 6 heteroatoms. The van der Waals surface area contributed by atoms with Gasteiger partial charge in [0.1, 0.15) is 25.5 Å². The maximum atomic E-state index is 11.9. The highest BCUT2D eigenvalue weighted by atomic mass is 16.6. The van der Waals surface area contributed by atoms with Gasteiger partial charge >= 0.3 is 0 Å². The van der Waals surface area contributed by atoms with Crippen LogP contribution >= 0.6 is 0 Å². The first-order valence-corrected chi connectivity index (χ1v) is 7.10. The average molecular weight is 302 g/mol. The second kappa shape index (κ2) is 6.43. The molecule has 116 valence electrons. The molecule has 3 rings (SSSR count). The highest BCUT2D eigenvalue weighted by molar-refractivity contribution is 5.75. The second-order valence-corrected chi connectivity index (χ2v) is 4.94. The molecule has 0 aliphatic carbocycles. The van der Waals surface area contributed by atoms with Crippen molar-refractivity contribution in [3.8, 4) is 17.2 Å². The van der Waals surface area contributed by atoms with Gasteiger partial charge in [0.25, 0.3) is 0 Å². The van der Waals surface area contributed by atoms with E-state index in [9.17, 15) is 4.79 Å². The number of carbonyl (C=O) groups excluding carboxylic acids is 1. The van der Waals surface area contributed by atoms with Gasteiger partial charge in [0.2, 0.25) is 5.91 Å². The van der Waals surface area contributed by atoms with Crippen molar-refractivity contribution in [3.63, 3.8) is 0 Å². The van der Waals surface area contributed by atoms with Gasteiger partial charge < -0.3 is 24.1 Å². The number of aromatic nitrogens is 1. The Labute approximate surface area is 128 Å². The molecule has 0 spiro atoms. The van der Waals surface area contributed by atoms with E-state index in [4.69, 9.17) is 14.2 Å². The van der Waals surface area contributed by atoms with Crippen molar-refractivity contribution >= 4 is 5.91 Å². The maximum Gasteiger partial charge on any atom is 0.240 e. The quantitative estimate of drug-likeness (QED) is 0.911. The van der Waals surface area contributed by atoms with Crippen LogP contribution in [0.2, 0.25) is 0 Å². The lowest BCUT2D eigenvalue weighted by Crippen LogP contribution is -2.27. The number of ether oxygens (including phenoxy) is 3. The summed E-state index contributed by atoms with van der Waals surface area (Å²) in [4.78, 5) is 11.9. The van der Waals surface area contributed by atoms with Crippen LogP contribution in [0.4, 0.5) is 0 Å². The van der Waals surface area contributed by atoms with E-state index in [1.165, 1.54) is 0 Å². The zero-order chi connectivity index (χ0) is 15.4. The van der Waals surface area contributed by atoms with Crippen LogP contribution in [0.15, 0.2) is 36.7 Å². The van der Waals surface area contributed by atoms with Gasteiger partial charge in [0, 0.05) is 30.6 Å². The molecule has 1 aliphatic rings. The smallest absolute Gasteiger partial charge is 0.240 e. The van der Waals surface area contributed by atoms with Crippen molar-refractivity contribution in [2.45, 2.75) is 13.1 Å². The van der Waals surface area contributed by atoms with Crippen molar-refractivity contribution in [1.29, 1.82) is 0 Å². The van der Waals surface area contributed by atoms with Crippen molar-refractivity contribution in [2.24, 2.45) is 0 Å². The summed E-state index contributed by atoms with van der Waals surface area (Å²) < 4.78 is 18.3. The summed E-state index contributed by atoms with van der Waals surface area (Å²) in [5.74, 6) is 1.96. The van der Waals surface area contributed by atoms with Gasteiger partial charge in [-0.1, -0.05) is 0 Å². The minimum absolute atomic E-state index is 0.0619. The highest BCUT2D eigenvalue weighted by Gasteiger charge is 2.16. The lowest BCUT2D eigenvalue weighted by molar-refractivity contribution is -0.121. The Morgan fingerprint density at radius 1 is 1.23 bits per heavy atom. The summed E-state index contributed by atoms with van der Waals surface area (Å²) >= 11 is 0. The molecule has 0 unspecified atom stereocenters. The first-order chi connectivity index (χ1) is 10.8. The SMILES string of the molecule is COc1cc2c(cc1CNC(=O)Cn1cccc1)OCCO2. The molecule has 1 aromatic carbocycles. The van der Waals surface area contributed by atoms with Gasteiger partial charge in [0.15, 0.2) is 11.5 Å². The molecule has 0 saturated carbocycles. The third kappa shape index (κ3) is 3.16. The third-order valence-electron chi connectivity index (χ3n) is 3.41. The molecule has 1 aromatic heterocycles. The number of hydrogen-bond acceptors (Lipinski definition) is 4. The number of fused-ring (bicyclic) bond motifs is 1. The number of nitrogens with zero attached hydrogens (tertiary/aromatic N) is 1. The molecule has 1 amide bonds. The van der Waals surface area contributed by atoms with E-state index in [1.54, 1.807) is 13.2 Å². The number of benzene rings is 1. The van der Waals surface area contributed by atoms with Gasteiger partial charge in [-0.3, -0.25) is 4.79 Å². The fraction of sp³-hybridized carbons (Fsp3) is 0.312. The van der Waals surface area contributed by atoms with Crippen LogP contribution in [0.5, 0.6) is 17.2 Å². The van der Waals surface area contributed by atoms with E-state index in [2.05, 4.69) is 5.32 Å². The van der Waals surface area contributed by atoms with Crippen molar-refractivity contribution in [1.82, 2.24) is 9.88 Å². The topological polar surface area (TPSA) is 61.7 Å². The Morgan fingerprint density at radius 3 is 2.59 bits per heavy atom. The van der Waals surface area contributed by atoms with Crippen LogP contribution in [-0.4, -0.2) is 30.8 Å². The van der Waals surface area contributed by atoms with Gasteiger partial charge in [-0.25, -0.2) is 0 Å². The second-order valence-electron chi connectivity index (χ2n) is 4.94. The van der Waals surface area contributed by atoms with Gasteiger partial charge in [-0.2, -0.15) is 0 Å². The molecule has 0 radical (unpaired) electrons. The Morgan fingerprint density at radius 2 is 1.91 bits per heavy atom. The molecular weight excluding hydrogens is 284 g/mol. The van der Waals surface area contributed by atoms with Gasteiger partial charge in [-0.05, 0) is 18.2 Å². The fourth-order valence-electron chi connectivity index (χ4n) is 2.33. The minimum Gasteiger partial charge on any atom is -0.496 e. The number of amides is 1. The zero-order valence-electron chi connectivity index (χ0n) is 12.4. The summed E-state index contributed by atoms with van der Waals surface area (Å²) in [6, 6.07) is 7.42. The molecule has 2 aromatic rings. The molecule has 1 aliphatic heterocycles. The normalized spacial score (nSPS) is 12.8. The summed E-state index contributed by atoms with van der Waals surface area (Å²) in [5, 5.41) is 2.88. The van der Waals surface area contributed by atoms with Crippen LogP contribution < -0.4 is 19.5 Å². The summed E-state index contributed by atoms with van der Waals surface area (Å²) in [6.45, 7) is 1.72. The minimum atomic E-state index is -0.0619. The molecule has 0 atom stereocenters. The summed E-state index contributed by atoms with van der Waals surface area (Å²) in [5.41, 5.74) is 0.854. The Bertz CT molecular complexity index is 652. The number of hydrogen-bond donors (Lipinski definition) is 1. The number of carbonyl (C=O) groups is 1. The molecule has 0 bridgehead atoms. The van der Waals surface area contributed by atoms with Crippen molar-refractivity contribution in [3.05, 3.63) is 42.2 Å². The monoisotopic (exact) mass is 302 g/mol. The van der Waals surface area contributed by atoms with Crippen LogP contribution in [0.3, 0.4) is 0 Å². The summed E-state index contributed by atoms with van der Waals surface area (Å²) in [7, 11) is 1.59. The fourth-order valence-corrected chi connectivity index (χ4v) is 2.33. The molecular formula is C16H18N2O4. The van der Waals surface area contributed by atoms with E-state index in [0.29, 0.717) is 43.6 Å². The molecule has 0 fully saturated rings. The van der Waals surface area contributed by atoms with E-state index >= 15 is 0 Å². The first kappa shape index (κ1) is 14.3. The predicted octanol–water partition coefficient (Wildman–Crippen LogP) is 1.58. The zero-order valence-corrected chi connectivity index (χ0v) is 12.4. The number of methoxy groups -OCH3 is 1. The average Bonchev–Trinajstić information content (AvgIpc) is 3.04.